The Kier molecular flexibility index (Phi) is 7.80. The second-order valence-corrected chi connectivity index (χ2v) is 6.70. The summed E-state index contributed by atoms with van der Waals surface area (Å²) in [6.07, 6.45) is 0. The van der Waals surface area contributed by atoms with Crippen LogP contribution in [0.15, 0.2) is 78.9 Å². The molecule has 3 aromatic carbocycles. The maximum absolute atomic E-state index is 12.4. The number of hydrogen-bond donors (Lipinski definition) is 3. The topological polar surface area (TPSA) is 106 Å². The summed E-state index contributed by atoms with van der Waals surface area (Å²) in [6.45, 7) is 2.07. The first kappa shape index (κ1) is 22.4. The van der Waals surface area contributed by atoms with Gasteiger partial charge in [-0.3, -0.25) is 25.2 Å². The molecule has 8 nitrogen and oxygen atoms in total. The zero-order valence-electron chi connectivity index (χ0n) is 17.5. The Labute approximate surface area is 185 Å². The predicted molar refractivity (Wildman–Crippen MR) is 120 cm³/mol. The molecule has 0 bridgehead atoms. The van der Waals surface area contributed by atoms with Gasteiger partial charge in [0.15, 0.2) is 0 Å². The van der Waals surface area contributed by atoms with Crippen LogP contribution in [-0.4, -0.2) is 30.9 Å². The molecule has 3 aromatic rings. The molecule has 0 aliphatic rings. The van der Waals surface area contributed by atoms with Crippen LogP contribution in [0.25, 0.3) is 0 Å². The van der Waals surface area contributed by atoms with E-state index in [9.17, 15) is 14.4 Å². The van der Waals surface area contributed by atoms with E-state index in [0.717, 1.165) is 5.75 Å². The third kappa shape index (κ3) is 6.88. The predicted octanol–water partition coefficient (Wildman–Crippen LogP) is 3.18. The van der Waals surface area contributed by atoms with E-state index in [0.29, 0.717) is 35.8 Å². The number of para-hydroxylation sites is 1. The lowest BCUT2D eigenvalue weighted by Gasteiger charge is -2.11. The molecule has 3 amide bonds. The summed E-state index contributed by atoms with van der Waals surface area (Å²) in [5.41, 5.74) is 5.96. The molecule has 0 heterocycles. The highest BCUT2D eigenvalue weighted by molar-refractivity contribution is 5.99. The Morgan fingerprint density at radius 2 is 1.28 bits per heavy atom. The first-order valence-electron chi connectivity index (χ1n) is 9.90. The molecular formula is C24H23N3O5. The number of carbonyl (C=O) groups excluding carboxylic acids is 3. The van der Waals surface area contributed by atoms with Gasteiger partial charge in [0.1, 0.15) is 24.7 Å². The lowest BCUT2D eigenvalue weighted by molar-refractivity contribution is -0.114. The van der Waals surface area contributed by atoms with Crippen molar-refractivity contribution in [3.05, 3.63) is 90.0 Å². The van der Waals surface area contributed by atoms with Crippen molar-refractivity contribution in [2.75, 3.05) is 18.5 Å². The Morgan fingerprint density at radius 1 is 0.688 bits per heavy atom. The minimum absolute atomic E-state index is 0.204. The summed E-state index contributed by atoms with van der Waals surface area (Å²) in [6, 6.07) is 22.3. The van der Waals surface area contributed by atoms with E-state index in [1.807, 2.05) is 30.3 Å². The quantitative estimate of drug-likeness (QED) is 0.374. The summed E-state index contributed by atoms with van der Waals surface area (Å²) < 4.78 is 11.2. The van der Waals surface area contributed by atoms with E-state index in [1.54, 1.807) is 48.5 Å². The largest absolute Gasteiger partial charge is 0.490 e. The van der Waals surface area contributed by atoms with Crippen molar-refractivity contribution < 1.29 is 23.9 Å². The maximum Gasteiger partial charge on any atom is 0.269 e. The van der Waals surface area contributed by atoms with Gasteiger partial charge in [0.25, 0.3) is 11.8 Å². The monoisotopic (exact) mass is 433 g/mol. The average Bonchev–Trinajstić information content (AvgIpc) is 2.81. The lowest BCUT2D eigenvalue weighted by atomic mass is 10.2. The number of rotatable bonds is 8. The van der Waals surface area contributed by atoms with Crippen molar-refractivity contribution in [2.24, 2.45) is 0 Å². The number of hydrogen-bond acceptors (Lipinski definition) is 5. The molecule has 32 heavy (non-hydrogen) atoms. The summed E-state index contributed by atoms with van der Waals surface area (Å²) >= 11 is 0. The molecule has 0 aliphatic heterocycles. The maximum atomic E-state index is 12.4. The third-order valence-corrected chi connectivity index (χ3v) is 4.22. The molecule has 0 radical (unpaired) electrons. The van der Waals surface area contributed by atoms with E-state index in [2.05, 4.69) is 16.2 Å². The summed E-state index contributed by atoms with van der Waals surface area (Å²) in [7, 11) is 0. The first-order valence-corrected chi connectivity index (χ1v) is 9.90. The van der Waals surface area contributed by atoms with E-state index < -0.39 is 11.8 Å². The van der Waals surface area contributed by atoms with Gasteiger partial charge in [0, 0.05) is 23.7 Å². The van der Waals surface area contributed by atoms with Crippen LogP contribution in [0, 0.1) is 0 Å². The molecule has 0 saturated carbocycles. The van der Waals surface area contributed by atoms with Crippen LogP contribution in [0.4, 0.5) is 5.69 Å². The SMILES string of the molecule is CC(=O)Nc1ccc(C(=O)NNC(=O)c2cccc(OCCOc3ccccc3)c2)cc1. The zero-order valence-corrected chi connectivity index (χ0v) is 17.5. The molecule has 0 fully saturated rings. The Hall–Kier alpha value is -4.33. The molecule has 0 saturated heterocycles. The fourth-order valence-electron chi connectivity index (χ4n) is 2.73. The number of ether oxygens (including phenoxy) is 2. The molecule has 0 aromatic heterocycles. The molecular weight excluding hydrogens is 410 g/mol. The Bertz CT molecular complexity index is 1070. The van der Waals surface area contributed by atoms with Crippen LogP contribution >= 0.6 is 0 Å². The molecule has 8 heteroatoms. The number of anilines is 1. The number of hydrazine groups is 1. The number of benzene rings is 3. The van der Waals surface area contributed by atoms with Crippen molar-refractivity contribution in [3.8, 4) is 11.5 Å². The van der Waals surface area contributed by atoms with Crippen LogP contribution in [-0.2, 0) is 4.79 Å². The molecule has 164 valence electrons. The van der Waals surface area contributed by atoms with Crippen molar-refractivity contribution in [1.82, 2.24) is 10.9 Å². The van der Waals surface area contributed by atoms with E-state index in [-0.39, 0.29) is 5.91 Å². The van der Waals surface area contributed by atoms with E-state index >= 15 is 0 Å². The normalized spacial score (nSPS) is 10.0. The van der Waals surface area contributed by atoms with Gasteiger partial charge in [0.05, 0.1) is 0 Å². The highest BCUT2D eigenvalue weighted by Crippen LogP contribution is 2.14. The first-order chi connectivity index (χ1) is 15.5. The smallest absolute Gasteiger partial charge is 0.269 e. The highest BCUT2D eigenvalue weighted by Gasteiger charge is 2.10. The van der Waals surface area contributed by atoms with E-state index in [4.69, 9.17) is 9.47 Å². The van der Waals surface area contributed by atoms with Gasteiger partial charge < -0.3 is 14.8 Å². The lowest BCUT2D eigenvalue weighted by Crippen LogP contribution is -2.41. The van der Waals surface area contributed by atoms with Gasteiger partial charge in [-0.05, 0) is 54.6 Å². The summed E-state index contributed by atoms with van der Waals surface area (Å²) in [4.78, 5) is 35.6. The minimum atomic E-state index is -0.488. The third-order valence-electron chi connectivity index (χ3n) is 4.22. The Morgan fingerprint density at radius 3 is 1.94 bits per heavy atom. The Balaban J connectivity index is 1.46. The number of amides is 3. The highest BCUT2D eigenvalue weighted by atomic mass is 16.5. The number of nitrogens with one attached hydrogen (secondary N) is 3. The van der Waals surface area contributed by atoms with Crippen molar-refractivity contribution in [3.63, 3.8) is 0 Å². The van der Waals surface area contributed by atoms with Crippen LogP contribution in [0.2, 0.25) is 0 Å². The van der Waals surface area contributed by atoms with Gasteiger partial charge in [-0.2, -0.15) is 0 Å². The molecule has 3 rings (SSSR count). The molecule has 0 aliphatic carbocycles. The molecule has 3 N–H and O–H groups in total. The van der Waals surface area contributed by atoms with Gasteiger partial charge in [-0.25, -0.2) is 0 Å². The van der Waals surface area contributed by atoms with Crippen molar-refractivity contribution >= 4 is 23.4 Å². The van der Waals surface area contributed by atoms with E-state index in [1.165, 1.54) is 6.92 Å². The molecule has 0 unspecified atom stereocenters. The van der Waals surface area contributed by atoms with Gasteiger partial charge >= 0.3 is 0 Å². The van der Waals surface area contributed by atoms with Gasteiger partial charge in [-0.1, -0.05) is 24.3 Å². The molecule has 0 spiro atoms. The fraction of sp³-hybridized carbons (Fsp3) is 0.125. The summed E-state index contributed by atoms with van der Waals surface area (Å²) in [5, 5.41) is 2.61. The fourth-order valence-corrected chi connectivity index (χ4v) is 2.73. The average molecular weight is 433 g/mol. The van der Waals surface area contributed by atoms with Gasteiger partial charge in [-0.15, -0.1) is 0 Å². The summed E-state index contributed by atoms with van der Waals surface area (Å²) in [5.74, 6) is 0.0840. The van der Waals surface area contributed by atoms with Crippen LogP contribution in [0.5, 0.6) is 11.5 Å². The van der Waals surface area contributed by atoms with Crippen LogP contribution < -0.4 is 25.6 Å². The van der Waals surface area contributed by atoms with Crippen LogP contribution in [0.3, 0.4) is 0 Å². The second kappa shape index (κ2) is 11.2. The van der Waals surface area contributed by atoms with Crippen LogP contribution in [0.1, 0.15) is 27.6 Å². The zero-order chi connectivity index (χ0) is 22.8. The standard InChI is InChI=1S/C24H23N3O5/c1-17(28)25-20-12-10-18(11-13-20)23(29)26-27-24(30)19-6-5-9-22(16-19)32-15-14-31-21-7-3-2-4-8-21/h2-13,16H,14-15H2,1H3,(H,25,28)(H,26,29)(H,27,30). The second-order valence-electron chi connectivity index (χ2n) is 6.70. The number of carbonyl (C=O) groups is 3. The van der Waals surface area contributed by atoms with Gasteiger partial charge in [0.2, 0.25) is 5.91 Å². The minimum Gasteiger partial charge on any atom is -0.490 e. The molecule has 0 atom stereocenters. The van der Waals surface area contributed by atoms with Crippen molar-refractivity contribution in [2.45, 2.75) is 6.92 Å². The van der Waals surface area contributed by atoms with Crippen molar-refractivity contribution in [1.29, 1.82) is 0 Å².